The van der Waals surface area contributed by atoms with Crippen LogP contribution in [-0.4, -0.2) is 68.2 Å². The maximum atomic E-state index is 11.7. The molecule has 0 aliphatic carbocycles. The van der Waals surface area contributed by atoms with Gasteiger partial charge >= 0.3 is 0 Å². The Morgan fingerprint density at radius 3 is 2.44 bits per heavy atom. The van der Waals surface area contributed by atoms with Crippen molar-refractivity contribution in [2.75, 3.05) is 52.5 Å². The van der Waals surface area contributed by atoms with Crippen LogP contribution < -0.4 is 5.73 Å². The number of ether oxygens (including phenoxy) is 1. The minimum absolute atomic E-state index is 0.224. The van der Waals surface area contributed by atoms with Gasteiger partial charge in [-0.15, -0.1) is 0 Å². The van der Waals surface area contributed by atoms with Gasteiger partial charge in [0.2, 0.25) is 5.91 Å². The third kappa shape index (κ3) is 3.93. The van der Waals surface area contributed by atoms with Gasteiger partial charge in [0.05, 0.1) is 13.2 Å². The zero-order valence-corrected chi connectivity index (χ0v) is 11.1. The van der Waals surface area contributed by atoms with Gasteiger partial charge in [-0.2, -0.15) is 0 Å². The summed E-state index contributed by atoms with van der Waals surface area (Å²) in [4.78, 5) is 16.2. The molecule has 0 saturated carbocycles. The molecule has 104 valence electrons. The normalized spacial score (nSPS) is 23.3. The van der Waals surface area contributed by atoms with Crippen LogP contribution in [0.4, 0.5) is 0 Å². The molecule has 0 aromatic carbocycles. The lowest BCUT2D eigenvalue weighted by Crippen LogP contribution is -2.44. The van der Waals surface area contributed by atoms with E-state index in [4.69, 9.17) is 10.5 Å². The van der Waals surface area contributed by atoms with E-state index in [-0.39, 0.29) is 5.91 Å². The largest absolute Gasteiger partial charge is 0.379 e. The van der Waals surface area contributed by atoms with E-state index < -0.39 is 0 Å². The first-order valence-electron chi connectivity index (χ1n) is 7.07. The second-order valence-electron chi connectivity index (χ2n) is 5.28. The molecule has 2 N–H and O–H groups in total. The Kier molecular flexibility index (Phi) is 5.41. The lowest BCUT2D eigenvalue weighted by Gasteiger charge is -2.36. The minimum Gasteiger partial charge on any atom is -0.379 e. The summed E-state index contributed by atoms with van der Waals surface area (Å²) in [5.41, 5.74) is 5.42. The molecule has 0 atom stereocenters. The fourth-order valence-corrected chi connectivity index (χ4v) is 2.80. The monoisotopic (exact) mass is 255 g/mol. The number of morpholine rings is 1. The van der Waals surface area contributed by atoms with Gasteiger partial charge in [0.25, 0.3) is 0 Å². The summed E-state index contributed by atoms with van der Waals surface area (Å²) in [5.74, 6) is 0.965. The number of nitrogens with zero attached hydrogens (tertiary/aromatic N) is 2. The van der Waals surface area contributed by atoms with Gasteiger partial charge in [-0.1, -0.05) is 0 Å². The molecule has 2 saturated heterocycles. The first-order valence-corrected chi connectivity index (χ1v) is 7.07. The average Bonchev–Trinajstić information content (AvgIpc) is 2.41. The fraction of sp³-hybridized carbons (Fsp3) is 0.923. The number of hydrogen-bond acceptors (Lipinski definition) is 4. The quantitative estimate of drug-likeness (QED) is 0.762. The van der Waals surface area contributed by atoms with E-state index in [0.717, 1.165) is 58.2 Å². The first-order chi connectivity index (χ1) is 8.79. The van der Waals surface area contributed by atoms with Crippen molar-refractivity contribution in [3.05, 3.63) is 0 Å². The smallest absolute Gasteiger partial charge is 0.223 e. The average molecular weight is 255 g/mol. The first kappa shape index (κ1) is 13.8. The molecular weight excluding hydrogens is 230 g/mol. The van der Waals surface area contributed by atoms with Crippen LogP contribution in [-0.2, 0) is 9.53 Å². The van der Waals surface area contributed by atoms with Crippen LogP contribution in [0.5, 0.6) is 0 Å². The Bertz CT molecular complexity index is 259. The van der Waals surface area contributed by atoms with E-state index in [1.54, 1.807) is 0 Å². The van der Waals surface area contributed by atoms with Gasteiger partial charge < -0.3 is 15.4 Å². The summed E-state index contributed by atoms with van der Waals surface area (Å²) in [5, 5.41) is 0. The van der Waals surface area contributed by atoms with Crippen molar-refractivity contribution < 1.29 is 9.53 Å². The number of hydrogen-bond donors (Lipinski definition) is 1. The van der Waals surface area contributed by atoms with Crippen molar-refractivity contribution >= 4 is 5.91 Å². The van der Waals surface area contributed by atoms with Crippen LogP contribution in [0.3, 0.4) is 0 Å². The van der Waals surface area contributed by atoms with Crippen LogP contribution in [0.25, 0.3) is 0 Å². The number of rotatable bonds is 4. The Labute approximate surface area is 109 Å². The SMILES string of the molecule is NCCC(=O)N1CCC(CN2CCOCC2)CC1. The Morgan fingerprint density at radius 2 is 1.83 bits per heavy atom. The third-order valence-electron chi connectivity index (χ3n) is 3.95. The maximum absolute atomic E-state index is 11.7. The zero-order valence-electron chi connectivity index (χ0n) is 11.1. The van der Waals surface area contributed by atoms with E-state index in [0.29, 0.717) is 13.0 Å². The summed E-state index contributed by atoms with van der Waals surface area (Å²) < 4.78 is 5.36. The van der Waals surface area contributed by atoms with Gasteiger partial charge in [-0.3, -0.25) is 9.69 Å². The minimum atomic E-state index is 0.224. The topological polar surface area (TPSA) is 58.8 Å². The molecule has 0 spiro atoms. The highest BCUT2D eigenvalue weighted by Gasteiger charge is 2.24. The number of nitrogens with two attached hydrogens (primary N) is 1. The Balaban J connectivity index is 1.68. The lowest BCUT2D eigenvalue weighted by atomic mass is 9.96. The molecule has 5 heteroatoms. The molecule has 5 nitrogen and oxygen atoms in total. The molecule has 2 rings (SSSR count). The number of likely N-dealkylation sites (tertiary alicyclic amines) is 1. The maximum Gasteiger partial charge on any atom is 0.223 e. The third-order valence-corrected chi connectivity index (χ3v) is 3.95. The second kappa shape index (κ2) is 7.07. The van der Waals surface area contributed by atoms with Crippen LogP contribution in [0, 0.1) is 5.92 Å². The van der Waals surface area contributed by atoms with Gasteiger partial charge in [-0.05, 0) is 18.8 Å². The predicted octanol–water partition coefficient (Wildman–Crippen LogP) is -0.0940. The Morgan fingerprint density at radius 1 is 1.17 bits per heavy atom. The van der Waals surface area contributed by atoms with Crippen LogP contribution in [0.15, 0.2) is 0 Å². The van der Waals surface area contributed by atoms with Crippen molar-refractivity contribution in [2.24, 2.45) is 11.7 Å². The molecule has 0 unspecified atom stereocenters. The van der Waals surface area contributed by atoms with Gasteiger partial charge in [-0.25, -0.2) is 0 Å². The molecule has 1 amide bonds. The molecule has 2 heterocycles. The molecule has 0 bridgehead atoms. The summed E-state index contributed by atoms with van der Waals surface area (Å²) in [7, 11) is 0. The second-order valence-corrected chi connectivity index (χ2v) is 5.28. The summed E-state index contributed by atoms with van der Waals surface area (Å²) in [6, 6.07) is 0. The molecule has 2 aliphatic heterocycles. The summed E-state index contributed by atoms with van der Waals surface area (Å²) in [6.07, 6.45) is 2.76. The van der Waals surface area contributed by atoms with E-state index in [1.165, 1.54) is 6.54 Å². The van der Waals surface area contributed by atoms with Crippen molar-refractivity contribution in [3.63, 3.8) is 0 Å². The number of carbonyl (C=O) groups excluding carboxylic acids is 1. The summed E-state index contributed by atoms with van der Waals surface area (Å²) >= 11 is 0. The molecular formula is C13H25N3O2. The molecule has 2 aliphatic rings. The van der Waals surface area contributed by atoms with E-state index in [2.05, 4.69) is 4.90 Å². The van der Waals surface area contributed by atoms with Crippen LogP contribution in [0.1, 0.15) is 19.3 Å². The fourth-order valence-electron chi connectivity index (χ4n) is 2.80. The Hall–Kier alpha value is -0.650. The van der Waals surface area contributed by atoms with Crippen molar-refractivity contribution in [2.45, 2.75) is 19.3 Å². The molecule has 18 heavy (non-hydrogen) atoms. The highest BCUT2D eigenvalue weighted by molar-refractivity contribution is 5.76. The van der Waals surface area contributed by atoms with Crippen molar-refractivity contribution in [1.82, 2.24) is 9.80 Å². The van der Waals surface area contributed by atoms with E-state index in [1.807, 2.05) is 4.90 Å². The van der Waals surface area contributed by atoms with Crippen molar-refractivity contribution in [3.8, 4) is 0 Å². The summed E-state index contributed by atoms with van der Waals surface area (Å²) in [6.45, 7) is 7.32. The number of carbonyl (C=O) groups is 1. The van der Waals surface area contributed by atoms with Crippen LogP contribution in [0.2, 0.25) is 0 Å². The molecule has 2 fully saturated rings. The lowest BCUT2D eigenvalue weighted by molar-refractivity contribution is -0.132. The highest BCUT2D eigenvalue weighted by atomic mass is 16.5. The molecule has 0 aromatic rings. The van der Waals surface area contributed by atoms with Gasteiger partial charge in [0, 0.05) is 45.7 Å². The van der Waals surface area contributed by atoms with E-state index >= 15 is 0 Å². The zero-order chi connectivity index (χ0) is 12.8. The van der Waals surface area contributed by atoms with E-state index in [9.17, 15) is 4.79 Å². The molecule has 0 aromatic heterocycles. The highest BCUT2D eigenvalue weighted by Crippen LogP contribution is 2.19. The standard InChI is InChI=1S/C13H25N3O2/c14-4-1-13(17)16-5-2-12(3-6-16)11-15-7-9-18-10-8-15/h12H,1-11,14H2. The number of amides is 1. The van der Waals surface area contributed by atoms with Gasteiger partial charge in [0.1, 0.15) is 0 Å². The van der Waals surface area contributed by atoms with Crippen molar-refractivity contribution in [1.29, 1.82) is 0 Å². The molecule has 0 radical (unpaired) electrons. The van der Waals surface area contributed by atoms with Crippen LogP contribution >= 0.6 is 0 Å². The predicted molar refractivity (Wildman–Crippen MR) is 70.2 cm³/mol. The number of piperidine rings is 1. The van der Waals surface area contributed by atoms with Gasteiger partial charge in [0.15, 0.2) is 0 Å².